The van der Waals surface area contributed by atoms with E-state index < -0.39 is 17.3 Å². The standard InChI is InChI=1S/C24H28F4N2O2/c1-23(2,3)32-22(31)29-14-12-21(13-15-29)30(20-10-8-19(25)9-11-20)16-17-4-6-18(7-5-17)24(26,27)28/h4-11,21H,12-16H2,1-3H3. The molecule has 32 heavy (non-hydrogen) atoms. The number of carbonyl (C=O) groups excluding carboxylic acids is 1. The molecule has 0 atom stereocenters. The number of anilines is 1. The number of nitrogens with zero attached hydrogens (tertiary/aromatic N) is 2. The van der Waals surface area contributed by atoms with Crippen LogP contribution in [-0.2, 0) is 17.5 Å². The lowest BCUT2D eigenvalue weighted by atomic mass is 10.0. The Balaban J connectivity index is 1.74. The molecule has 8 heteroatoms. The van der Waals surface area contributed by atoms with Crippen LogP contribution in [0.25, 0.3) is 0 Å². The van der Waals surface area contributed by atoms with Gasteiger partial charge in [0.15, 0.2) is 0 Å². The third kappa shape index (κ3) is 6.37. The maximum Gasteiger partial charge on any atom is 0.416 e. The first kappa shape index (κ1) is 23.9. The van der Waals surface area contributed by atoms with Gasteiger partial charge in [0.1, 0.15) is 11.4 Å². The number of hydrogen-bond acceptors (Lipinski definition) is 3. The molecule has 2 aromatic carbocycles. The van der Waals surface area contributed by atoms with Gasteiger partial charge in [0.25, 0.3) is 0 Å². The van der Waals surface area contributed by atoms with Crippen molar-refractivity contribution in [2.45, 2.75) is 58.0 Å². The predicted octanol–water partition coefficient (Wildman–Crippen LogP) is 6.25. The normalized spacial score (nSPS) is 15.5. The molecule has 0 aromatic heterocycles. The number of amides is 1. The molecular weight excluding hydrogens is 424 g/mol. The van der Waals surface area contributed by atoms with Crippen LogP contribution in [0.4, 0.5) is 28.0 Å². The van der Waals surface area contributed by atoms with Gasteiger partial charge in [0.2, 0.25) is 0 Å². The molecule has 0 spiro atoms. The minimum absolute atomic E-state index is 0.0430. The van der Waals surface area contributed by atoms with Crippen LogP contribution in [0.2, 0.25) is 0 Å². The van der Waals surface area contributed by atoms with Crippen LogP contribution in [-0.4, -0.2) is 35.7 Å². The van der Waals surface area contributed by atoms with Crippen molar-refractivity contribution in [3.05, 3.63) is 65.5 Å². The zero-order valence-electron chi connectivity index (χ0n) is 18.5. The van der Waals surface area contributed by atoms with Gasteiger partial charge in [-0.2, -0.15) is 13.2 Å². The van der Waals surface area contributed by atoms with Crippen LogP contribution in [0.15, 0.2) is 48.5 Å². The number of ether oxygens (including phenoxy) is 1. The molecule has 174 valence electrons. The molecule has 0 N–H and O–H groups in total. The van der Waals surface area contributed by atoms with Gasteiger partial charge in [0.05, 0.1) is 5.56 Å². The number of rotatable bonds is 4. The Hall–Kier alpha value is -2.77. The number of carbonyl (C=O) groups is 1. The van der Waals surface area contributed by atoms with Crippen LogP contribution < -0.4 is 4.90 Å². The van der Waals surface area contributed by atoms with Gasteiger partial charge >= 0.3 is 12.3 Å². The van der Waals surface area contributed by atoms with Crippen LogP contribution in [0.1, 0.15) is 44.7 Å². The first-order valence-electron chi connectivity index (χ1n) is 10.6. The van der Waals surface area contributed by atoms with Gasteiger partial charge < -0.3 is 14.5 Å². The van der Waals surface area contributed by atoms with Crippen molar-refractivity contribution in [3.8, 4) is 0 Å². The minimum Gasteiger partial charge on any atom is -0.444 e. The van der Waals surface area contributed by atoms with Gasteiger partial charge in [0, 0.05) is 31.4 Å². The van der Waals surface area contributed by atoms with Crippen LogP contribution in [0, 0.1) is 5.82 Å². The summed E-state index contributed by atoms with van der Waals surface area (Å²) in [6.45, 7) is 6.84. The summed E-state index contributed by atoms with van der Waals surface area (Å²) in [4.78, 5) is 16.1. The second-order valence-corrected chi connectivity index (χ2v) is 9.00. The minimum atomic E-state index is -4.39. The fourth-order valence-corrected chi connectivity index (χ4v) is 3.75. The first-order chi connectivity index (χ1) is 14.9. The number of likely N-dealkylation sites (tertiary alicyclic amines) is 1. The van der Waals surface area contributed by atoms with E-state index in [1.807, 2.05) is 20.8 Å². The van der Waals surface area contributed by atoms with E-state index in [4.69, 9.17) is 4.74 Å². The van der Waals surface area contributed by atoms with Gasteiger partial charge in [-0.1, -0.05) is 12.1 Å². The molecule has 1 saturated heterocycles. The maximum atomic E-state index is 13.5. The largest absolute Gasteiger partial charge is 0.444 e. The van der Waals surface area contributed by atoms with E-state index in [1.54, 1.807) is 17.0 Å². The van der Waals surface area contributed by atoms with Crippen molar-refractivity contribution >= 4 is 11.8 Å². The highest BCUT2D eigenvalue weighted by atomic mass is 19.4. The zero-order chi connectivity index (χ0) is 23.5. The monoisotopic (exact) mass is 452 g/mol. The highest BCUT2D eigenvalue weighted by molar-refractivity contribution is 5.68. The molecule has 4 nitrogen and oxygen atoms in total. The van der Waals surface area contributed by atoms with Crippen molar-refractivity contribution in [3.63, 3.8) is 0 Å². The Labute approximate surface area is 185 Å². The third-order valence-electron chi connectivity index (χ3n) is 5.35. The molecule has 1 heterocycles. The Morgan fingerprint density at radius 1 is 1.00 bits per heavy atom. The fraction of sp³-hybridized carbons (Fsp3) is 0.458. The van der Waals surface area contributed by atoms with Crippen LogP contribution in [0.3, 0.4) is 0 Å². The lowest BCUT2D eigenvalue weighted by Crippen LogP contribution is -2.48. The molecule has 0 saturated carbocycles. The summed E-state index contributed by atoms with van der Waals surface area (Å²) < 4.78 is 57.6. The summed E-state index contributed by atoms with van der Waals surface area (Å²) in [5.74, 6) is -0.358. The lowest BCUT2D eigenvalue weighted by molar-refractivity contribution is -0.137. The van der Waals surface area contributed by atoms with E-state index >= 15 is 0 Å². The SMILES string of the molecule is CC(C)(C)OC(=O)N1CCC(N(Cc2ccc(C(F)(F)F)cc2)c2ccc(F)cc2)CC1. The number of alkyl halides is 3. The quantitative estimate of drug-likeness (QED) is 0.514. The van der Waals surface area contributed by atoms with E-state index in [2.05, 4.69) is 4.90 Å². The van der Waals surface area contributed by atoms with Gasteiger partial charge in [-0.05, 0) is 75.6 Å². The molecule has 1 amide bonds. The van der Waals surface area contributed by atoms with E-state index in [1.165, 1.54) is 24.3 Å². The highest BCUT2D eigenvalue weighted by Gasteiger charge is 2.31. The second-order valence-electron chi connectivity index (χ2n) is 9.00. The van der Waals surface area contributed by atoms with E-state index in [0.29, 0.717) is 32.5 Å². The highest BCUT2D eigenvalue weighted by Crippen LogP contribution is 2.31. The number of halogens is 4. The average Bonchev–Trinajstić information content (AvgIpc) is 2.71. The molecule has 0 bridgehead atoms. The van der Waals surface area contributed by atoms with Crippen molar-refractivity contribution in [1.82, 2.24) is 4.90 Å². The molecule has 1 aliphatic heterocycles. The third-order valence-corrected chi connectivity index (χ3v) is 5.35. The van der Waals surface area contributed by atoms with E-state index in [0.717, 1.165) is 23.4 Å². The van der Waals surface area contributed by atoms with Crippen molar-refractivity contribution < 1.29 is 27.1 Å². The number of piperidine rings is 1. The Morgan fingerprint density at radius 3 is 2.06 bits per heavy atom. The number of hydrogen-bond donors (Lipinski definition) is 0. The Morgan fingerprint density at radius 2 is 1.56 bits per heavy atom. The fourth-order valence-electron chi connectivity index (χ4n) is 3.75. The first-order valence-corrected chi connectivity index (χ1v) is 10.6. The summed E-state index contributed by atoms with van der Waals surface area (Å²) in [7, 11) is 0. The summed E-state index contributed by atoms with van der Waals surface area (Å²) in [6, 6.07) is 11.2. The number of benzene rings is 2. The predicted molar refractivity (Wildman–Crippen MR) is 115 cm³/mol. The molecule has 1 aliphatic rings. The summed E-state index contributed by atoms with van der Waals surface area (Å²) in [5, 5.41) is 0. The molecule has 0 radical (unpaired) electrons. The second kappa shape index (κ2) is 9.38. The average molecular weight is 452 g/mol. The van der Waals surface area contributed by atoms with Gasteiger partial charge in [-0.15, -0.1) is 0 Å². The Kier molecular flexibility index (Phi) is 7.00. The molecule has 2 aromatic rings. The topological polar surface area (TPSA) is 32.8 Å². The molecule has 0 unspecified atom stereocenters. The van der Waals surface area contributed by atoms with Crippen LogP contribution in [0.5, 0.6) is 0 Å². The van der Waals surface area contributed by atoms with Crippen LogP contribution >= 0.6 is 0 Å². The van der Waals surface area contributed by atoms with Gasteiger partial charge in [-0.3, -0.25) is 0 Å². The summed E-state index contributed by atoms with van der Waals surface area (Å²) in [5.41, 5.74) is 0.232. The molecular formula is C24H28F4N2O2. The van der Waals surface area contributed by atoms with E-state index in [9.17, 15) is 22.4 Å². The smallest absolute Gasteiger partial charge is 0.416 e. The van der Waals surface area contributed by atoms with E-state index in [-0.39, 0.29) is 18.0 Å². The molecule has 3 rings (SSSR count). The van der Waals surface area contributed by atoms with Crippen molar-refractivity contribution in [2.24, 2.45) is 0 Å². The summed E-state index contributed by atoms with van der Waals surface area (Å²) >= 11 is 0. The van der Waals surface area contributed by atoms with Crippen molar-refractivity contribution in [1.29, 1.82) is 0 Å². The Bertz CT molecular complexity index is 898. The molecule has 1 fully saturated rings. The summed E-state index contributed by atoms with van der Waals surface area (Å²) in [6.07, 6.45) is -3.41. The molecule has 0 aliphatic carbocycles. The lowest BCUT2D eigenvalue weighted by Gasteiger charge is -2.40. The van der Waals surface area contributed by atoms with Gasteiger partial charge in [-0.25, -0.2) is 9.18 Å². The van der Waals surface area contributed by atoms with Crippen molar-refractivity contribution in [2.75, 3.05) is 18.0 Å². The maximum absolute atomic E-state index is 13.5. The zero-order valence-corrected chi connectivity index (χ0v) is 18.5.